The molecule has 3 saturated heterocycles. The van der Waals surface area contributed by atoms with Crippen molar-refractivity contribution in [1.29, 1.82) is 0 Å². The molecule has 0 saturated carbocycles. The third-order valence-corrected chi connectivity index (χ3v) is 17.3. The topological polar surface area (TPSA) is 388 Å². The highest BCUT2D eigenvalue weighted by Gasteiger charge is 2.21. The molecule has 0 aliphatic carbocycles. The molecule has 9 aromatic heterocycles. The second-order valence-electron chi connectivity index (χ2n) is 24.6. The first-order valence-corrected chi connectivity index (χ1v) is 35.7. The number of aromatic amines is 3. The standard InChI is InChI=1S/2C25H28N8O3.C25H27N7O4/c1-2-26-25(34)32-24-30-20-15-18(14-19(22(20)31-24)23-27-6-3-7-28-23)17-4-5-21(29-16-17)36-13-10-33-8-11-35-12-9-33;1-2-26-24(34)32-23-30-21-14-17(13-19(22(21)31-23)20-5-3-4-6-27-20)18-15-28-25(29-16-18)36-12-9-33-7-10-35-11-8-33;1-2-35-25(33)31-23-29-21-14-17(13-19(22(21)30-23)20-5-3-4-6-26-20)18-15-27-24(28-16-18)36-12-9-32-7-10-34-11-8-32/h3-7,14-16H,2,8-13H2,1H3,(H3,26,30,31,32,34);3-6,13-16H,2,7-12H2,1H3,(H3,26,30,31,32,34);3-6,13-16H,2,7-12H2,1H3,(H2,29,30,31,33). The highest BCUT2D eigenvalue weighted by molar-refractivity contribution is 6.00. The second kappa shape index (κ2) is 37.1. The molecule has 3 aliphatic rings. The Balaban J connectivity index is 0.000000143. The summed E-state index contributed by atoms with van der Waals surface area (Å²) < 4.78 is 38.4. The number of rotatable bonds is 24. The summed E-state index contributed by atoms with van der Waals surface area (Å²) in [5.41, 5.74) is 13.4. The Labute approximate surface area is 620 Å². The summed E-state index contributed by atoms with van der Waals surface area (Å²) in [6.45, 7) is 20.9. The minimum Gasteiger partial charge on any atom is -0.476 e. The van der Waals surface area contributed by atoms with E-state index in [2.05, 4.69) is 116 Å². The van der Waals surface area contributed by atoms with Gasteiger partial charge in [-0.05, 0) is 110 Å². The number of benzene rings is 3. The van der Waals surface area contributed by atoms with Gasteiger partial charge in [0, 0.05) is 167 Å². The maximum Gasteiger partial charge on any atom is 0.413 e. The van der Waals surface area contributed by atoms with Crippen LogP contribution in [0.5, 0.6) is 17.9 Å². The number of nitrogens with one attached hydrogen (secondary N) is 8. The zero-order valence-corrected chi connectivity index (χ0v) is 60.0. The van der Waals surface area contributed by atoms with Crippen molar-refractivity contribution in [2.75, 3.05) is 154 Å². The minimum atomic E-state index is -0.575. The van der Waals surface area contributed by atoms with Crippen LogP contribution in [0.25, 0.3) is 100 Å². The van der Waals surface area contributed by atoms with E-state index in [1.165, 1.54) is 0 Å². The lowest BCUT2D eigenvalue weighted by atomic mass is 10.0. The number of fused-ring (bicyclic) bond motifs is 3. The Kier molecular flexibility index (Phi) is 25.4. The average Bonchev–Trinajstić information content (AvgIpc) is 1.56. The largest absolute Gasteiger partial charge is 0.476 e. The molecule has 33 nitrogen and oxygen atoms in total. The molecule has 0 radical (unpaired) electrons. The van der Waals surface area contributed by atoms with Gasteiger partial charge in [0.05, 0.1) is 85.2 Å². The quantitative estimate of drug-likeness (QED) is 0.0279. The molecule has 108 heavy (non-hydrogen) atoms. The zero-order valence-electron chi connectivity index (χ0n) is 60.0. The zero-order chi connectivity index (χ0) is 74.2. The van der Waals surface area contributed by atoms with Gasteiger partial charge < -0.3 is 58.7 Å². The maximum absolute atomic E-state index is 12.0. The number of amides is 5. The van der Waals surface area contributed by atoms with E-state index in [1.807, 2.05) is 98.8 Å². The molecule has 0 atom stereocenters. The number of carbonyl (C=O) groups excluding carboxylic acids is 3. The molecule has 558 valence electrons. The lowest BCUT2D eigenvalue weighted by Crippen LogP contribution is -2.38. The summed E-state index contributed by atoms with van der Waals surface area (Å²) in [7, 11) is 0. The van der Waals surface area contributed by atoms with Crippen molar-refractivity contribution in [3.05, 3.63) is 147 Å². The van der Waals surface area contributed by atoms with Gasteiger partial charge in [0.15, 0.2) is 5.82 Å². The van der Waals surface area contributed by atoms with Gasteiger partial charge in [0.25, 0.3) is 0 Å². The fraction of sp³-hybridized carbons (Fsp3) is 0.320. The van der Waals surface area contributed by atoms with Crippen LogP contribution in [-0.4, -0.2) is 246 Å². The summed E-state index contributed by atoms with van der Waals surface area (Å²) in [6.07, 6.45) is 15.0. The Hall–Kier alpha value is -12.3. The summed E-state index contributed by atoms with van der Waals surface area (Å²) in [4.78, 5) is 106. The van der Waals surface area contributed by atoms with Gasteiger partial charge in [-0.25, -0.2) is 64.2 Å². The van der Waals surface area contributed by atoms with E-state index >= 15 is 0 Å². The van der Waals surface area contributed by atoms with Crippen LogP contribution in [0.2, 0.25) is 0 Å². The SMILES string of the molecule is CCNC(=O)Nc1nc2c(-c3ccccn3)cc(-c3cnc(OCCN4CCOCC4)nc3)cc2[nH]1.CCNC(=O)Nc1nc2c(-c3ncccn3)cc(-c3ccc(OCCN4CCOCC4)nc3)cc2[nH]1.CCOC(=O)Nc1nc2c(-c3ccccn3)cc(-c3cnc(OCCN4CCOCC4)nc3)cc2[nH]1. The number of carbonyl (C=O) groups is 3. The van der Waals surface area contributed by atoms with E-state index in [4.69, 9.17) is 33.2 Å². The fourth-order valence-electron chi connectivity index (χ4n) is 12.0. The molecule has 0 bridgehead atoms. The summed E-state index contributed by atoms with van der Waals surface area (Å²) in [6, 6.07) is 28.8. The van der Waals surface area contributed by atoms with Crippen LogP contribution in [0, 0.1) is 0 Å². The van der Waals surface area contributed by atoms with Crippen LogP contribution in [0.3, 0.4) is 0 Å². The maximum atomic E-state index is 12.0. The van der Waals surface area contributed by atoms with Crippen molar-refractivity contribution in [2.24, 2.45) is 0 Å². The number of anilines is 3. The fourth-order valence-corrected chi connectivity index (χ4v) is 12.0. The van der Waals surface area contributed by atoms with Crippen molar-refractivity contribution in [1.82, 2.24) is 100 Å². The number of ether oxygens (including phenoxy) is 7. The van der Waals surface area contributed by atoms with Crippen LogP contribution in [-0.2, 0) is 18.9 Å². The predicted octanol–water partition coefficient (Wildman–Crippen LogP) is 9.23. The van der Waals surface area contributed by atoms with E-state index in [-0.39, 0.29) is 24.6 Å². The van der Waals surface area contributed by atoms with Crippen molar-refractivity contribution < 1.29 is 47.5 Å². The number of hydrogen-bond donors (Lipinski definition) is 8. The Morgan fingerprint density at radius 3 is 1.25 bits per heavy atom. The smallest absolute Gasteiger partial charge is 0.413 e. The van der Waals surface area contributed by atoms with Crippen molar-refractivity contribution in [3.63, 3.8) is 0 Å². The first kappa shape index (κ1) is 74.0. The van der Waals surface area contributed by atoms with Crippen molar-refractivity contribution in [3.8, 4) is 85.2 Å². The highest BCUT2D eigenvalue weighted by Crippen LogP contribution is 2.36. The van der Waals surface area contributed by atoms with Gasteiger partial charge in [-0.3, -0.25) is 40.6 Å². The number of H-pyrrole nitrogens is 3. The third kappa shape index (κ3) is 20.0. The summed E-state index contributed by atoms with van der Waals surface area (Å²) >= 11 is 0. The number of nitrogens with zero attached hydrogens (tertiary/aromatic N) is 15. The number of aromatic nitrogens is 15. The minimum absolute atomic E-state index is 0.266. The van der Waals surface area contributed by atoms with E-state index in [0.717, 1.165) is 177 Å². The van der Waals surface area contributed by atoms with E-state index in [0.29, 0.717) is 85.1 Å². The summed E-state index contributed by atoms with van der Waals surface area (Å²) in [5, 5.41) is 13.5. The van der Waals surface area contributed by atoms with E-state index < -0.39 is 6.09 Å². The lowest BCUT2D eigenvalue weighted by Gasteiger charge is -2.26. The number of morpholine rings is 3. The van der Waals surface area contributed by atoms with Crippen LogP contribution in [0.1, 0.15) is 20.8 Å². The van der Waals surface area contributed by atoms with E-state index in [1.54, 1.807) is 68.8 Å². The predicted molar refractivity (Wildman–Crippen MR) is 405 cm³/mol. The third-order valence-electron chi connectivity index (χ3n) is 17.3. The van der Waals surface area contributed by atoms with E-state index in [9.17, 15) is 14.4 Å². The first-order chi connectivity index (χ1) is 53.1. The Bertz CT molecular complexity index is 4400. The van der Waals surface area contributed by atoms with Gasteiger partial charge in [0.2, 0.25) is 23.7 Å². The van der Waals surface area contributed by atoms with Gasteiger partial charge in [0.1, 0.15) is 25.3 Å². The van der Waals surface area contributed by atoms with Gasteiger partial charge in [-0.1, -0.05) is 12.1 Å². The van der Waals surface area contributed by atoms with Crippen LogP contribution < -0.4 is 40.8 Å². The molecule has 12 heterocycles. The van der Waals surface area contributed by atoms with Gasteiger partial charge in [-0.15, -0.1) is 0 Å². The summed E-state index contributed by atoms with van der Waals surface area (Å²) in [5.74, 6) is 2.10. The molecule has 8 N–H and O–H groups in total. The second-order valence-corrected chi connectivity index (χ2v) is 24.6. The van der Waals surface area contributed by atoms with Crippen LogP contribution in [0.15, 0.2) is 147 Å². The lowest BCUT2D eigenvalue weighted by molar-refractivity contribution is 0.0316. The molecule has 5 amide bonds. The number of imidazole rings is 3. The molecular formula is C75H83N23O10. The van der Waals surface area contributed by atoms with Gasteiger partial charge in [-0.2, -0.15) is 0 Å². The van der Waals surface area contributed by atoms with Crippen molar-refractivity contribution in [2.45, 2.75) is 20.8 Å². The number of hydrogen-bond acceptors (Lipinski definition) is 25. The average molecular weight is 1470 g/mol. The molecule has 3 fully saturated rings. The molecule has 0 unspecified atom stereocenters. The molecule has 3 aliphatic heterocycles. The van der Waals surface area contributed by atoms with Gasteiger partial charge >= 0.3 is 30.2 Å². The number of urea groups is 2. The highest BCUT2D eigenvalue weighted by atomic mass is 16.5. The number of pyridine rings is 3. The molecule has 0 spiro atoms. The molecule has 12 aromatic rings. The Morgan fingerprint density at radius 2 is 0.833 bits per heavy atom. The molecule has 15 rings (SSSR count). The van der Waals surface area contributed by atoms with Crippen molar-refractivity contribution >= 4 is 69.1 Å². The first-order valence-electron chi connectivity index (χ1n) is 35.7. The monoisotopic (exact) mass is 1470 g/mol. The van der Waals surface area contributed by atoms with Crippen LogP contribution >= 0.6 is 0 Å². The normalized spacial score (nSPS) is 14.0. The molecular weight excluding hydrogens is 1380 g/mol. The molecule has 33 heteroatoms. The Morgan fingerprint density at radius 1 is 0.426 bits per heavy atom. The van der Waals surface area contributed by atoms with Crippen LogP contribution in [0.4, 0.5) is 32.2 Å². The molecule has 3 aromatic carbocycles.